The Balaban J connectivity index is 1.54. The zero-order chi connectivity index (χ0) is 13.1. The van der Waals surface area contributed by atoms with E-state index in [0.717, 1.165) is 5.57 Å². The van der Waals surface area contributed by atoms with E-state index in [2.05, 4.69) is 5.32 Å². The predicted octanol–water partition coefficient (Wildman–Crippen LogP) is 3.28. The lowest BCUT2D eigenvalue weighted by Crippen LogP contribution is -2.23. The summed E-state index contributed by atoms with van der Waals surface area (Å²) in [6, 6.07) is 5.02. The summed E-state index contributed by atoms with van der Waals surface area (Å²) in [4.78, 5) is 12.3. The molecule has 0 spiro atoms. The molecule has 1 N–H and O–H groups in total. The molecular weight excluding hydrogens is 285 g/mol. The van der Waals surface area contributed by atoms with Crippen molar-refractivity contribution >= 4 is 34.8 Å². The van der Waals surface area contributed by atoms with Gasteiger partial charge >= 0.3 is 0 Å². The molecule has 1 aromatic rings. The third-order valence-corrected chi connectivity index (χ3v) is 4.65. The van der Waals surface area contributed by atoms with Gasteiger partial charge in [0.05, 0.1) is 22.9 Å². The number of hydrogen-bond acceptors (Lipinski definition) is 2. The molecule has 2 bridgehead atoms. The van der Waals surface area contributed by atoms with Crippen LogP contribution in [0, 0.1) is 11.8 Å². The van der Waals surface area contributed by atoms with Crippen molar-refractivity contribution < 1.29 is 9.53 Å². The monoisotopic (exact) mass is 295 g/mol. The van der Waals surface area contributed by atoms with Gasteiger partial charge in [0.15, 0.2) is 0 Å². The zero-order valence-electron chi connectivity index (χ0n) is 9.90. The van der Waals surface area contributed by atoms with E-state index in [9.17, 15) is 4.79 Å². The molecule has 1 amide bonds. The Kier molecular flexibility index (Phi) is 2.47. The van der Waals surface area contributed by atoms with Gasteiger partial charge in [0.1, 0.15) is 0 Å². The van der Waals surface area contributed by atoms with E-state index in [4.69, 9.17) is 27.9 Å². The Hall–Kier alpha value is -1.03. The summed E-state index contributed by atoms with van der Waals surface area (Å²) in [5, 5.41) is 3.81. The van der Waals surface area contributed by atoms with Crippen LogP contribution in [0.15, 0.2) is 29.8 Å². The normalized spacial score (nSPS) is 33.9. The molecule has 2 fully saturated rings. The Morgan fingerprint density at radius 2 is 2.16 bits per heavy atom. The summed E-state index contributed by atoms with van der Waals surface area (Å²) in [7, 11) is 0. The van der Waals surface area contributed by atoms with Gasteiger partial charge in [0.2, 0.25) is 0 Å². The van der Waals surface area contributed by atoms with Crippen LogP contribution in [0.4, 0.5) is 5.69 Å². The summed E-state index contributed by atoms with van der Waals surface area (Å²) >= 11 is 11.9. The Labute approximate surface area is 120 Å². The number of fused-ring (bicyclic) bond motifs is 5. The molecule has 5 heteroatoms. The number of benzene rings is 1. The number of anilines is 1. The van der Waals surface area contributed by atoms with Crippen molar-refractivity contribution in [3.63, 3.8) is 0 Å². The minimum absolute atomic E-state index is 0.0129. The SMILES string of the molecule is O=C(Nc1ccc(Cl)cc1Cl)C1=CC2OC1C1CC21. The van der Waals surface area contributed by atoms with Crippen molar-refractivity contribution in [2.24, 2.45) is 11.8 Å². The van der Waals surface area contributed by atoms with Crippen LogP contribution in [0.25, 0.3) is 0 Å². The highest BCUT2D eigenvalue weighted by Crippen LogP contribution is 2.58. The largest absolute Gasteiger partial charge is 0.365 e. The quantitative estimate of drug-likeness (QED) is 0.909. The lowest BCUT2D eigenvalue weighted by atomic mass is 9.99. The molecule has 2 aliphatic heterocycles. The van der Waals surface area contributed by atoms with Crippen LogP contribution in [0.2, 0.25) is 10.0 Å². The van der Waals surface area contributed by atoms with Gasteiger partial charge in [-0.1, -0.05) is 23.2 Å². The molecule has 0 radical (unpaired) electrons. The number of halogens is 2. The maximum atomic E-state index is 12.3. The van der Waals surface area contributed by atoms with Gasteiger partial charge in [-0.05, 0) is 42.5 Å². The highest BCUT2D eigenvalue weighted by atomic mass is 35.5. The number of rotatable bonds is 2. The number of ether oxygens (including phenoxy) is 1. The standard InChI is InChI=1S/C14H11Cl2NO2/c15-6-1-2-11(10(16)3-6)17-14(18)9-5-12-7-4-8(7)13(9)19-12/h1-3,5,7-8,12-13H,4H2,(H,17,18). The zero-order valence-corrected chi connectivity index (χ0v) is 11.4. The molecule has 1 aliphatic carbocycles. The first-order chi connectivity index (χ1) is 9.13. The van der Waals surface area contributed by atoms with Crippen LogP contribution < -0.4 is 5.32 Å². The third-order valence-electron chi connectivity index (χ3n) is 4.10. The van der Waals surface area contributed by atoms with Crippen molar-refractivity contribution in [3.8, 4) is 0 Å². The highest BCUT2D eigenvalue weighted by molar-refractivity contribution is 6.36. The minimum atomic E-state index is -0.123. The van der Waals surface area contributed by atoms with Crippen molar-refractivity contribution in [1.29, 1.82) is 0 Å². The molecule has 1 aromatic carbocycles. The van der Waals surface area contributed by atoms with Crippen LogP contribution in [0.1, 0.15) is 6.42 Å². The van der Waals surface area contributed by atoms with Gasteiger partial charge in [0.25, 0.3) is 5.91 Å². The molecule has 2 heterocycles. The predicted molar refractivity (Wildman–Crippen MR) is 73.4 cm³/mol. The van der Waals surface area contributed by atoms with Gasteiger partial charge in [-0.3, -0.25) is 4.79 Å². The minimum Gasteiger partial charge on any atom is -0.365 e. The highest BCUT2D eigenvalue weighted by Gasteiger charge is 2.60. The second kappa shape index (κ2) is 3.98. The van der Waals surface area contributed by atoms with Crippen LogP contribution in [0.3, 0.4) is 0 Å². The molecule has 0 aromatic heterocycles. The average Bonchev–Trinajstić information content (AvgIpc) is 2.98. The van der Waals surface area contributed by atoms with Gasteiger partial charge < -0.3 is 10.1 Å². The van der Waals surface area contributed by atoms with Gasteiger partial charge in [-0.15, -0.1) is 0 Å². The van der Waals surface area contributed by atoms with Gasteiger partial charge in [-0.25, -0.2) is 0 Å². The summed E-state index contributed by atoms with van der Waals surface area (Å²) in [5.41, 5.74) is 1.32. The Morgan fingerprint density at radius 1 is 1.32 bits per heavy atom. The Bertz CT molecular complexity index is 613. The number of nitrogens with one attached hydrogen (secondary N) is 1. The number of hydrogen-bond donors (Lipinski definition) is 1. The summed E-state index contributed by atoms with van der Waals surface area (Å²) in [6.07, 6.45) is 3.28. The third kappa shape index (κ3) is 1.80. The lowest BCUT2D eigenvalue weighted by molar-refractivity contribution is -0.113. The summed E-state index contributed by atoms with van der Waals surface area (Å²) < 4.78 is 5.75. The molecule has 4 rings (SSSR count). The van der Waals surface area contributed by atoms with E-state index in [1.165, 1.54) is 6.42 Å². The average molecular weight is 296 g/mol. The first kappa shape index (κ1) is 11.8. The molecule has 4 atom stereocenters. The fraction of sp³-hybridized carbons (Fsp3) is 0.357. The number of carbonyl (C=O) groups is 1. The molecule has 4 unspecified atom stereocenters. The van der Waals surface area contributed by atoms with Crippen LogP contribution >= 0.6 is 23.2 Å². The summed E-state index contributed by atoms with van der Waals surface area (Å²) in [6.45, 7) is 0. The topological polar surface area (TPSA) is 38.3 Å². The molecule has 1 saturated heterocycles. The van der Waals surface area contributed by atoms with E-state index < -0.39 is 0 Å². The van der Waals surface area contributed by atoms with Crippen LogP contribution in [-0.2, 0) is 9.53 Å². The van der Waals surface area contributed by atoms with Crippen molar-refractivity contribution in [1.82, 2.24) is 0 Å². The fourth-order valence-electron chi connectivity index (χ4n) is 3.06. The molecular formula is C14H11Cl2NO2. The molecule has 3 nitrogen and oxygen atoms in total. The number of carbonyl (C=O) groups excluding carboxylic acids is 1. The van der Waals surface area contributed by atoms with Crippen molar-refractivity contribution in [3.05, 3.63) is 39.9 Å². The maximum Gasteiger partial charge on any atom is 0.254 e. The Morgan fingerprint density at radius 3 is 2.84 bits per heavy atom. The summed E-state index contributed by atoms with van der Waals surface area (Å²) in [5.74, 6) is 1.08. The fourth-order valence-corrected chi connectivity index (χ4v) is 3.52. The van der Waals surface area contributed by atoms with E-state index in [1.54, 1.807) is 18.2 Å². The maximum absolute atomic E-state index is 12.3. The van der Waals surface area contributed by atoms with Crippen molar-refractivity contribution in [2.45, 2.75) is 18.6 Å². The van der Waals surface area contributed by atoms with E-state index in [-0.39, 0.29) is 18.1 Å². The first-order valence-corrected chi connectivity index (χ1v) is 7.02. The second-order valence-electron chi connectivity index (χ2n) is 5.29. The van der Waals surface area contributed by atoms with Crippen LogP contribution in [0.5, 0.6) is 0 Å². The van der Waals surface area contributed by atoms with Crippen molar-refractivity contribution in [2.75, 3.05) is 5.32 Å². The smallest absolute Gasteiger partial charge is 0.254 e. The van der Waals surface area contributed by atoms with E-state index in [1.807, 2.05) is 6.08 Å². The lowest BCUT2D eigenvalue weighted by Gasteiger charge is -2.13. The second-order valence-corrected chi connectivity index (χ2v) is 6.13. The van der Waals surface area contributed by atoms with Gasteiger partial charge in [0, 0.05) is 10.6 Å². The van der Waals surface area contributed by atoms with Gasteiger partial charge in [-0.2, -0.15) is 0 Å². The van der Waals surface area contributed by atoms with E-state index in [0.29, 0.717) is 27.6 Å². The molecule has 1 saturated carbocycles. The first-order valence-electron chi connectivity index (χ1n) is 6.27. The number of amides is 1. The molecule has 3 aliphatic rings. The molecule has 98 valence electrons. The molecule has 19 heavy (non-hydrogen) atoms. The van der Waals surface area contributed by atoms with E-state index >= 15 is 0 Å². The van der Waals surface area contributed by atoms with Crippen LogP contribution in [-0.4, -0.2) is 18.1 Å².